The summed E-state index contributed by atoms with van der Waals surface area (Å²) in [4.78, 5) is 4.15. The Bertz CT molecular complexity index is 556. The lowest BCUT2D eigenvalue weighted by Crippen LogP contribution is -2.24. The van der Waals surface area contributed by atoms with Crippen molar-refractivity contribution in [2.24, 2.45) is 16.6 Å². The molecule has 1 aliphatic carbocycles. The molecule has 5 nitrogen and oxygen atoms in total. The van der Waals surface area contributed by atoms with E-state index in [1.807, 2.05) is 0 Å². The van der Waals surface area contributed by atoms with Gasteiger partial charge in [-0.3, -0.25) is 4.99 Å². The number of nitrogens with zero attached hydrogens (tertiary/aromatic N) is 1. The van der Waals surface area contributed by atoms with Gasteiger partial charge in [-0.2, -0.15) is 0 Å². The minimum Gasteiger partial charge on any atom is -0.497 e. The number of nitrogens with two attached hydrogens (primary N) is 1. The maximum absolute atomic E-state index is 13.1. The average molecular weight is 441 g/mol. The first-order valence-electron chi connectivity index (χ1n) is 7.10. The summed E-state index contributed by atoms with van der Waals surface area (Å²) in [5.74, 6) is -1.28. The van der Waals surface area contributed by atoms with Crippen molar-refractivity contribution in [3.05, 3.63) is 18.2 Å². The van der Waals surface area contributed by atoms with Crippen molar-refractivity contribution in [3.8, 4) is 11.5 Å². The molecular formula is C15H22F2IN3O2. The zero-order valence-electron chi connectivity index (χ0n) is 13.1. The quantitative estimate of drug-likeness (QED) is 0.417. The van der Waals surface area contributed by atoms with Gasteiger partial charge in [0.15, 0.2) is 5.96 Å². The van der Waals surface area contributed by atoms with Crippen LogP contribution in [0.3, 0.4) is 0 Å². The summed E-state index contributed by atoms with van der Waals surface area (Å²) in [5.41, 5.74) is 6.43. The van der Waals surface area contributed by atoms with Gasteiger partial charge in [0.25, 0.3) is 0 Å². The summed E-state index contributed by atoms with van der Waals surface area (Å²) in [5, 5.41) is 2.92. The van der Waals surface area contributed by atoms with E-state index >= 15 is 0 Å². The van der Waals surface area contributed by atoms with Crippen LogP contribution in [-0.4, -0.2) is 32.6 Å². The molecule has 1 unspecified atom stereocenters. The van der Waals surface area contributed by atoms with Crippen LogP contribution in [0.25, 0.3) is 0 Å². The van der Waals surface area contributed by atoms with Crippen LogP contribution in [0.1, 0.15) is 19.3 Å². The maximum atomic E-state index is 13.1. The van der Waals surface area contributed by atoms with E-state index in [0.717, 1.165) is 0 Å². The van der Waals surface area contributed by atoms with Gasteiger partial charge in [0.05, 0.1) is 19.9 Å². The molecule has 1 aromatic rings. The van der Waals surface area contributed by atoms with Gasteiger partial charge in [-0.15, -0.1) is 24.0 Å². The van der Waals surface area contributed by atoms with Gasteiger partial charge in [-0.1, -0.05) is 0 Å². The van der Waals surface area contributed by atoms with E-state index in [0.29, 0.717) is 30.2 Å². The number of benzene rings is 1. The monoisotopic (exact) mass is 441 g/mol. The standard InChI is InChI=1S/C15H21F2N3O2.HI/c1-21-11-3-4-13(22-2)12(7-11)20-14(18)19-9-10-5-6-15(16,17)8-10;/h3-4,7,10H,5-6,8-9H2,1-2H3,(H3,18,19,20);1H. The predicted octanol–water partition coefficient (Wildman–Crippen LogP) is 3.48. The van der Waals surface area contributed by atoms with E-state index in [9.17, 15) is 8.78 Å². The van der Waals surface area contributed by atoms with Gasteiger partial charge in [0.1, 0.15) is 11.5 Å². The Hall–Kier alpha value is -1.32. The van der Waals surface area contributed by atoms with Gasteiger partial charge in [0.2, 0.25) is 5.92 Å². The summed E-state index contributed by atoms with van der Waals surface area (Å²) in [6.45, 7) is 0.292. The van der Waals surface area contributed by atoms with Crippen LogP contribution in [0, 0.1) is 5.92 Å². The van der Waals surface area contributed by atoms with Gasteiger partial charge in [-0.25, -0.2) is 8.78 Å². The first-order chi connectivity index (χ1) is 10.4. The Kier molecular flexibility index (Phi) is 7.30. The van der Waals surface area contributed by atoms with Crippen LogP contribution in [-0.2, 0) is 0 Å². The molecule has 1 saturated carbocycles. The molecule has 0 heterocycles. The molecule has 2 rings (SSSR count). The summed E-state index contributed by atoms with van der Waals surface area (Å²) in [6.07, 6.45) is 0.294. The van der Waals surface area contributed by atoms with Crippen molar-refractivity contribution in [3.63, 3.8) is 0 Å². The van der Waals surface area contributed by atoms with Crippen LogP contribution in [0.15, 0.2) is 23.2 Å². The molecule has 0 aromatic heterocycles. The molecular weight excluding hydrogens is 419 g/mol. The number of ether oxygens (including phenoxy) is 2. The topological polar surface area (TPSA) is 68.9 Å². The Morgan fingerprint density at radius 1 is 1.39 bits per heavy atom. The maximum Gasteiger partial charge on any atom is 0.248 e. The number of hydrogen-bond donors (Lipinski definition) is 2. The highest BCUT2D eigenvalue weighted by atomic mass is 127. The summed E-state index contributed by atoms with van der Waals surface area (Å²) >= 11 is 0. The summed E-state index contributed by atoms with van der Waals surface area (Å²) < 4.78 is 36.6. The number of alkyl halides is 2. The molecule has 8 heteroatoms. The van der Waals surface area contributed by atoms with E-state index in [1.54, 1.807) is 32.4 Å². The molecule has 0 spiro atoms. The molecule has 0 saturated heterocycles. The van der Waals surface area contributed by atoms with E-state index in [-0.39, 0.29) is 48.7 Å². The van der Waals surface area contributed by atoms with E-state index in [1.165, 1.54) is 0 Å². The van der Waals surface area contributed by atoms with Gasteiger partial charge in [-0.05, 0) is 24.5 Å². The summed E-state index contributed by atoms with van der Waals surface area (Å²) in [7, 11) is 3.10. The van der Waals surface area contributed by atoms with Crippen LogP contribution in [0.2, 0.25) is 0 Å². The zero-order chi connectivity index (χ0) is 16.2. The molecule has 1 aromatic carbocycles. The second-order valence-corrected chi connectivity index (χ2v) is 5.38. The second kappa shape index (κ2) is 8.51. The lowest BCUT2D eigenvalue weighted by Gasteiger charge is -2.13. The molecule has 1 fully saturated rings. The van der Waals surface area contributed by atoms with Crippen LogP contribution in [0.5, 0.6) is 11.5 Å². The van der Waals surface area contributed by atoms with Crippen molar-refractivity contribution in [2.75, 3.05) is 26.1 Å². The Balaban J connectivity index is 0.00000264. The highest BCUT2D eigenvalue weighted by Gasteiger charge is 2.39. The van der Waals surface area contributed by atoms with E-state index < -0.39 is 5.92 Å². The third-order valence-corrected chi connectivity index (χ3v) is 3.69. The van der Waals surface area contributed by atoms with Gasteiger partial charge in [0, 0.05) is 25.5 Å². The number of rotatable bonds is 5. The van der Waals surface area contributed by atoms with Crippen LogP contribution < -0.4 is 20.5 Å². The number of hydrogen-bond acceptors (Lipinski definition) is 3. The normalized spacial score (nSPS) is 19.8. The summed E-state index contributed by atoms with van der Waals surface area (Å²) in [6, 6.07) is 5.23. The third-order valence-electron chi connectivity index (χ3n) is 3.69. The van der Waals surface area contributed by atoms with Gasteiger partial charge >= 0.3 is 0 Å². The number of methoxy groups -OCH3 is 2. The zero-order valence-corrected chi connectivity index (χ0v) is 15.5. The van der Waals surface area contributed by atoms with Crippen LogP contribution >= 0.6 is 24.0 Å². The Labute approximate surface area is 151 Å². The lowest BCUT2D eigenvalue weighted by molar-refractivity contribution is 0.00542. The van der Waals surface area contributed by atoms with Crippen molar-refractivity contribution in [1.82, 2.24) is 0 Å². The molecule has 23 heavy (non-hydrogen) atoms. The largest absolute Gasteiger partial charge is 0.497 e. The predicted molar refractivity (Wildman–Crippen MR) is 97.4 cm³/mol. The van der Waals surface area contributed by atoms with E-state index in [2.05, 4.69) is 10.3 Å². The van der Waals surface area contributed by atoms with Gasteiger partial charge < -0.3 is 20.5 Å². The fourth-order valence-corrected chi connectivity index (χ4v) is 2.51. The minimum absolute atomic E-state index is 0. The number of halogens is 3. The second-order valence-electron chi connectivity index (χ2n) is 5.38. The number of aliphatic imine (C=N–C) groups is 1. The number of anilines is 1. The first-order valence-corrected chi connectivity index (χ1v) is 7.10. The molecule has 0 aliphatic heterocycles. The molecule has 3 N–H and O–H groups in total. The highest BCUT2D eigenvalue weighted by Crippen LogP contribution is 2.38. The fraction of sp³-hybridized carbons (Fsp3) is 0.533. The average Bonchev–Trinajstić information content (AvgIpc) is 2.84. The van der Waals surface area contributed by atoms with E-state index in [4.69, 9.17) is 15.2 Å². The van der Waals surface area contributed by atoms with Crippen molar-refractivity contribution in [2.45, 2.75) is 25.2 Å². The van der Waals surface area contributed by atoms with Crippen molar-refractivity contribution >= 4 is 35.6 Å². The smallest absolute Gasteiger partial charge is 0.248 e. The first kappa shape index (κ1) is 19.7. The third kappa shape index (κ3) is 5.67. The molecule has 1 atom stereocenters. The molecule has 130 valence electrons. The number of guanidine groups is 1. The lowest BCUT2D eigenvalue weighted by atomic mass is 10.1. The SMILES string of the molecule is COc1ccc(OC)c(NC(N)=NCC2CCC(F)(F)C2)c1.I. The van der Waals surface area contributed by atoms with Crippen molar-refractivity contribution in [1.29, 1.82) is 0 Å². The Morgan fingerprint density at radius 3 is 2.70 bits per heavy atom. The fourth-order valence-electron chi connectivity index (χ4n) is 2.51. The molecule has 1 aliphatic rings. The minimum atomic E-state index is -2.56. The molecule has 0 radical (unpaired) electrons. The Morgan fingerprint density at radius 2 is 2.13 bits per heavy atom. The molecule has 0 amide bonds. The number of nitrogens with one attached hydrogen (secondary N) is 1. The van der Waals surface area contributed by atoms with Crippen molar-refractivity contribution < 1.29 is 18.3 Å². The van der Waals surface area contributed by atoms with Crippen LogP contribution in [0.4, 0.5) is 14.5 Å². The highest BCUT2D eigenvalue weighted by molar-refractivity contribution is 14.0. The molecule has 0 bridgehead atoms.